The minimum atomic E-state index is -1.23. The van der Waals surface area contributed by atoms with Gasteiger partial charge < -0.3 is 15.3 Å². The van der Waals surface area contributed by atoms with Gasteiger partial charge in [0.25, 0.3) is 0 Å². The smallest absolute Gasteiger partial charge is 0.381 e. The molecule has 0 aliphatic heterocycles. The maximum atomic E-state index is 9.96. The molecule has 0 aromatic rings. The maximum Gasteiger partial charge on any atom is 0.381 e. The summed E-state index contributed by atoms with van der Waals surface area (Å²) in [5, 5.41) is 24.2. The SMILES string of the molecule is CCCCCCC(=O)O.O=C(O)C#CCCC(=O)O. The lowest BCUT2D eigenvalue weighted by Crippen LogP contribution is -1.92. The van der Waals surface area contributed by atoms with Gasteiger partial charge in [-0.1, -0.05) is 32.1 Å². The van der Waals surface area contributed by atoms with Gasteiger partial charge in [-0.05, 0) is 6.42 Å². The van der Waals surface area contributed by atoms with Gasteiger partial charge in [0.15, 0.2) is 0 Å². The Kier molecular flexibility index (Phi) is 14.3. The van der Waals surface area contributed by atoms with E-state index in [1.54, 1.807) is 5.92 Å². The summed E-state index contributed by atoms with van der Waals surface area (Å²) in [5.41, 5.74) is 0. The molecule has 0 spiro atoms. The van der Waals surface area contributed by atoms with Gasteiger partial charge in [0.2, 0.25) is 0 Å². The van der Waals surface area contributed by atoms with E-state index < -0.39 is 17.9 Å². The van der Waals surface area contributed by atoms with Crippen LogP contribution in [0.15, 0.2) is 0 Å². The van der Waals surface area contributed by atoms with Crippen LogP contribution in [0.1, 0.15) is 51.9 Å². The molecule has 108 valence electrons. The molecule has 3 N–H and O–H groups in total. The largest absolute Gasteiger partial charge is 0.481 e. The first-order valence-electron chi connectivity index (χ1n) is 6.05. The monoisotopic (exact) mass is 272 g/mol. The van der Waals surface area contributed by atoms with Crippen molar-refractivity contribution in [1.82, 2.24) is 0 Å². The van der Waals surface area contributed by atoms with Crippen LogP contribution in [0.3, 0.4) is 0 Å². The van der Waals surface area contributed by atoms with Crippen molar-refractivity contribution >= 4 is 17.9 Å². The molecule has 0 aromatic heterocycles. The van der Waals surface area contributed by atoms with Crippen LogP contribution in [0.4, 0.5) is 0 Å². The van der Waals surface area contributed by atoms with E-state index in [0.717, 1.165) is 19.3 Å². The van der Waals surface area contributed by atoms with Crippen molar-refractivity contribution in [2.75, 3.05) is 0 Å². The van der Waals surface area contributed by atoms with Crippen LogP contribution < -0.4 is 0 Å². The first-order valence-corrected chi connectivity index (χ1v) is 6.05. The lowest BCUT2D eigenvalue weighted by Gasteiger charge is -1.92. The zero-order chi connectivity index (χ0) is 15.1. The van der Waals surface area contributed by atoms with Crippen molar-refractivity contribution in [3.63, 3.8) is 0 Å². The zero-order valence-electron chi connectivity index (χ0n) is 11.0. The van der Waals surface area contributed by atoms with Crippen molar-refractivity contribution in [2.45, 2.75) is 51.9 Å². The van der Waals surface area contributed by atoms with Crippen LogP contribution >= 0.6 is 0 Å². The minimum absolute atomic E-state index is 0.0850. The molecule has 0 rings (SSSR count). The number of hydrogen-bond donors (Lipinski definition) is 3. The third-order valence-corrected chi connectivity index (χ3v) is 1.90. The normalized spacial score (nSPS) is 8.47. The summed E-state index contributed by atoms with van der Waals surface area (Å²) >= 11 is 0. The molecule has 6 nitrogen and oxygen atoms in total. The summed E-state index contributed by atoms with van der Waals surface area (Å²) in [4.78, 5) is 29.5. The van der Waals surface area contributed by atoms with Crippen molar-refractivity contribution in [1.29, 1.82) is 0 Å². The van der Waals surface area contributed by atoms with E-state index in [0.29, 0.717) is 6.42 Å². The molecule has 0 aliphatic rings. The third-order valence-electron chi connectivity index (χ3n) is 1.90. The molecule has 0 aliphatic carbocycles. The highest BCUT2D eigenvalue weighted by Gasteiger charge is 1.94. The zero-order valence-corrected chi connectivity index (χ0v) is 11.0. The molecule has 0 heterocycles. The number of carbonyl (C=O) groups is 3. The van der Waals surface area contributed by atoms with Gasteiger partial charge >= 0.3 is 17.9 Å². The van der Waals surface area contributed by atoms with Crippen LogP contribution in [0.2, 0.25) is 0 Å². The van der Waals surface area contributed by atoms with E-state index in [1.807, 2.05) is 0 Å². The van der Waals surface area contributed by atoms with Gasteiger partial charge in [-0.15, -0.1) is 0 Å². The van der Waals surface area contributed by atoms with Crippen molar-refractivity contribution < 1.29 is 29.7 Å². The van der Waals surface area contributed by atoms with Crippen LogP contribution in [-0.2, 0) is 14.4 Å². The number of carboxylic acid groups (broad SMARTS) is 3. The van der Waals surface area contributed by atoms with Crippen molar-refractivity contribution in [2.24, 2.45) is 0 Å². The second-order valence-electron chi connectivity index (χ2n) is 3.71. The molecular weight excluding hydrogens is 252 g/mol. The highest BCUT2D eigenvalue weighted by atomic mass is 16.4. The van der Waals surface area contributed by atoms with Crippen LogP contribution in [0, 0.1) is 11.8 Å². The van der Waals surface area contributed by atoms with E-state index in [9.17, 15) is 14.4 Å². The van der Waals surface area contributed by atoms with E-state index in [2.05, 4.69) is 12.8 Å². The minimum Gasteiger partial charge on any atom is -0.481 e. The number of unbranched alkanes of at least 4 members (excludes halogenated alkanes) is 3. The lowest BCUT2D eigenvalue weighted by atomic mass is 10.2. The Labute approximate surface area is 112 Å². The fourth-order valence-corrected chi connectivity index (χ4v) is 1.01. The van der Waals surface area contributed by atoms with Gasteiger partial charge in [-0.25, -0.2) is 4.79 Å². The summed E-state index contributed by atoms with van der Waals surface area (Å²) in [7, 11) is 0. The number of aliphatic carboxylic acids is 3. The molecule has 0 radical (unpaired) electrons. The van der Waals surface area contributed by atoms with Gasteiger partial charge in [0, 0.05) is 18.8 Å². The number of carboxylic acids is 3. The second kappa shape index (κ2) is 14.0. The van der Waals surface area contributed by atoms with Gasteiger partial charge in [-0.3, -0.25) is 9.59 Å². The fraction of sp³-hybridized carbons (Fsp3) is 0.615. The van der Waals surface area contributed by atoms with Crippen molar-refractivity contribution in [3.8, 4) is 11.8 Å². The van der Waals surface area contributed by atoms with Crippen molar-refractivity contribution in [3.05, 3.63) is 0 Å². The summed E-state index contributed by atoms with van der Waals surface area (Å²) in [6.45, 7) is 2.11. The summed E-state index contributed by atoms with van der Waals surface area (Å²) < 4.78 is 0. The number of rotatable bonds is 7. The van der Waals surface area contributed by atoms with E-state index >= 15 is 0 Å². The van der Waals surface area contributed by atoms with Crippen LogP contribution in [0.25, 0.3) is 0 Å². The summed E-state index contributed by atoms with van der Waals surface area (Å²) in [5.74, 6) is 1.11. The first-order chi connectivity index (χ1) is 8.90. The maximum absolute atomic E-state index is 9.96. The Morgan fingerprint density at radius 2 is 1.47 bits per heavy atom. The quantitative estimate of drug-likeness (QED) is 0.482. The molecule has 0 unspecified atom stereocenters. The molecule has 6 heteroatoms. The second-order valence-corrected chi connectivity index (χ2v) is 3.71. The molecular formula is C13H20O6. The summed E-state index contributed by atoms with van der Waals surface area (Å²) in [6, 6.07) is 0. The standard InChI is InChI=1S/C7H14O2.C6H6O4/c1-2-3-4-5-6-7(8)9;7-5(8)3-1-2-4-6(9)10/h2-6H2,1H3,(H,8,9);1,3H2,(H,7,8)(H,9,10). The average molecular weight is 272 g/mol. The molecule has 0 aromatic carbocycles. The molecule has 0 fully saturated rings. The Bertz CT molecular complexity index is 337. The Morgan fingerprint density at radius 1 is 0.895 bits per heavy atom. The molecule has 0 saturated carbocycles. The Hall–Kier alpha value is -2.03. The summed E-state index contributed by atoms with van der Waals surface area (Å²) in [6.07, 6.45) is 4.53. The van der Waals surface area contributed by atoms with E-state index in [4.69, 9.17) is 15.3 Å². The highest BCUT2D eigenvalue weighted by molar-refractivity contribution is 5.86. The van der Waals surface area contributed by atoms with Crippen LogP contribution in [0.5, 0.6) is 0 Å². The fourth-order valence-electron chi connectivity index (χ4n) is 1.01. The molecule has 19 heavy (non-hydrogen) atoms. The highest BCUT2D eigenvalue weighted by Crippen LogP contribution is 2.01. The van der Waals surface area contributed by atoms with Gasteiger partial charge in [-0.2, -0.15) is 0 Å². The van der Waals surface area contributed by atoms with E-state index in [-0.39, 0.29) is 12.8 Å². The van der Waals surface area contributed by atoms with Gasteiger partial charge in [0.1, 0.15) is 0 Å². The first kappa shape index (κ1) is 19.3. The van der Waals surface area contributed by atoms with E-state index in [1.165, 1.54) is 6.42 Å². The van der Waals surface area contributed by atoms with Gasteiger partial charge in [0.05, 0.1) is 6.42 Å². The predicted octanol–water partition coefficient (Wildman–Crippen LogP) is 1.98. The predicted molar refractivity (Wildman–Crippen MR) is 68.7 cm³/mol. The molecule has 0 bridgehead atoms. The van der Waals surface area contributed by atoms with Crippen LogP contribution in [-0.4, -0.2) is 33.2 Å². The lowest BCUT2D eigenvalue weighted by molar-refractivity contribution is -0.138. The third kappa shape index (κ3) is 25.9. The topological polar surface area (TPSA) is 112 Å². The Balaban J connectivity index is 0. The average Bonchev–Trinajstić information content (AvgIpc) is 2.30. The molecule has 0 atom stereocenters. The molecule has 0 amide bonds. The Morgan fingerprint density at radius 3 is 1.89 bits per heavy atom. The number of hydrogen-bond acceptors (Lipinski definition) is 3. The molecule has 0 saturated heterocycles.